The molecule has 0 bridgehead atoms. The SMILES string of the molecule is Cc1cc(C)c(OCC(=O)Nc2ccc(C(C)C)cc2)c(Cl)c1. The maximum atomic E-state index is 12.0. The Morgan fingerprint density at radius 1 is 1.17 bits per heavy atom. The normalized spacial score (nSPS) is 10.7. The van der Waals surface area contributed by atoms with Gasteiger partial charge in [0.1, 0.15) is 5.75 Å². The Morgan fingerprint density at radius 3 is 2.39 bits per heavy atom. The number of halogens is 1. The third kappa shape index (κ3) is 4.73. The van der Waals surface area contributed by atoms with Gasteiger partial charge in [0.15, 0.2) is 6.61 Å². The molecule has 1 N–H and O–H groups in total. The average Bonchev–Trinajstić information content (AvgIpc) is 2.46. The summed E-state index contributed by atoms with van der Waals surface area (Å²) in [6, 6.07) is 11.6. The van der Waals surface area contributed by atoms with Gasteiger partial charge in [-0.1, -0.05) is 43.6 Å². The minimum atomic E-state index is -0.210. The van der Waals surface area contributed by atoms with Crippen molar-refractivity contribution in [3.05, 3.63) is 58.1 Å². The van der Waals surface area contributed by atoms with Crippen LogP contribution in [0.1, 0.15) is 36.5 Å². The first-order chi connectivity index (χ1) is 10.9. The Bertz CT molecular complexity index is 670. The number of rotatable bonds is 5. The van der Waals surface area contributed by atoms with Gasteiger partial charge in [-0.2, -0.15) is 0 Å². The van der Waals surface area contributed by atoms with Crippen LogP contribution in [0, 0.1) is 13.8 Å². The molecule has 2 aromatic carbocycles. The van der Waals surface area contributed by atoms with E-state index in [1.54, 1.807) is 0 Å². The largest absolute Gasteiger partial charge is 0.482 e. The third-order valence-corrected chi connectivity index (χ3v) is 3.86. The molecule has 0 aliphatic carbocycles. The van der Waals surface area contributed by atoms with E-state index in [4.69, 9.17) is 16.3 Å². The number of carbonyl (C=O) groups is 1. The van der Waals surface area contributed by atoms with Crippen LogP contribution in [0.3, 0.4) is 0 Å². The van der Waals surface area contributed by atoms with Crippen molar-refractivity contribution in [3.8, 4) is 5.75 Å². The fraction of sp³-hybridized carbons (Fsp3) is 0.316. The van der Waals surface area contributed by atoms with Gasteiger partial charge in [-0.25, -0.2) is 0 Å². The van der Waals surface area contributed by atoms with Gasteiger partial charge in [0.25, 0.3) is 5.91 Å². The van der Waals surface area contributed by atoms with Gasteiger partial charge in [-0.3, -0.25) is 4.79 Å². The maximum absolute atomic E-state index is 12.0. The van der Waals surface area contributed by atoms with Crippen LogP contribution in [0.4, 0.5) is 5.69 Å². The molecule has 0 aliphatic heterocycles. The Labute approximate surface area is 142 Å². The molecule has 0 spiro atoms. The molecular weight excluding hydrogens is 310 g/mol. The van der Waals surface area contributed by atoms with Crippen molar-refractivity contribution in [2.75, 3.05) is 11.9 Å². The molecule has 0 heterocycles. The Morgan fingerprint density at radius 2 is 1.83 bits per heavy atom. The molecule has 4 heteroatoms. The van der Waals surface area contributed by atoms with E-state index in [2.05, 4.69) is 19.2 Å². The molecule has 0 aromatic heterocycles. The van der Waals surface area contributed by atoms with Crippen molar-refractivity contribution in [1.82, 2.24) is 0 Å². The van der Waals surface area contributed by atoms with Crippen LogP contribution >= 0.6 is 11.6 Å². The van der Waals surface area contributed by atoms with E-state index in [0.717, 1.165) is 16.8 Å². The van der Waals surface area contributed by atoms with Gasteiger partial charge in [0, 0.05) is 5.69 Å². The highest BCUT2D eigenvalue weighted by molar-refractivity contribution is 6.32. The smallest absolute Gasteiger partial charge is 0.262 e. The number of hydrogen-bond acceptors (Lipinski definition) is 2. The topological polar surface area (TPSA) is 38.3 Å². The van der Waals surface area contributed by atoms with Crippen LogP contribution < -0.4 is 10.1 Å². The molecule has 0 saturated carbocycles. The third-order valence-electron chi connectivity index (χ3n) is 3.58. The lowest BCUT2D eigenvalue weighted by atomic mass is 10.0. The van der Waals surface area contributed by atoms with Crippen molar-refractivity contribution in [2.45, 2.75) is 33.6 Å². The summed E-state index contributed by atoms with van der Waals surface area (Å²) in [5, 5.41) is 3.35. The number of ether oxygens (including phenoxy) is 1. The summed E-state index contributed by atoms with van der Waals surface area (Å²) in [5.74, 6) is 0.815. The minimum absolute atomic E-state index is 0.0739. The summed E-state index contributed by atoms with van der Waals surface area (Å²) in [7, 11) is 0. The molecule has 0 radical (unpaired) electrons. The van der Waals surface area contributed by atoms with Gasteiger partial charge in [0.2, 0.25) is 0 Å². The van der Waals surface area contributed by atoms with Crippen molar-refractivity contribution in [3.63, 3.8) is 0 Å². The molecule has 0 saturated heterocycles. The molecule has 2 rings (SSSR count). The van der Waals surface area contributed by atoms with Crippen molar-refractivity contribution >= 4 is 23.2 Å². The summed E-state index contributed by atoms with van der Waals surface area (Å²) in [6.07, 6.45) is 0. The zero-order valence-corrected chi connectivity index (χ0v) is 14.7. The summed E-state index contributed by atoms with van der Waals surface area (Å²) in [5.41, 5.74) is 3.98. The van der Waals surface area contributed by atoms with E-state index in [-0.39, 0.29) is 12.5 Å². The zero-order valence-electron chi connectivity index (χ0n) is 13.9. The highest BCUT2D eigenvalue weighted by Gasteiger charge is 2.10. The lowest BCUT2D eigenvalue weighted by molar-refractivity contribution is -0.118. The lowest BCUT2D eigenvalue weighted by Gasteiger charge is -2.12. The molecule has 0 unspecified atom stereocenters. The molecule has 0 atom stereocenters. The number of aryl methyl sites for hydroxylation is 2. The number of benzene rings is 2. The summed E-state index contributed by atoms with van der Waals surface area (Å²) in [6.45, 7) is 8.08. The van der Waals surface area contributed by atoms with Crippen molar-refractivity contribution in [2.24, 2.45) is 0 Å². The fourth-order valence-corrected chi connectivity index (χ4v) is 2.75. The van der Waals surface area contributed by atoms with Gasteiger partial charge in [-0.05, 0) is 54.7 Å². The maximum Gasteiger partial charge on any atom is 0.262 e. The standard InChI is InChI=1S/C19H22ClNO2/c1-12(2)15-5-7-16(8-6-15)21-18(22)11-23-19-14(4)9-13(3)10-17(19)20/h5-10,12H,11H2,1-4H3,(H,21,22). The first kappa shape index (κ1) is 17.4. The highest BCUT2D eigenvalue weighted by atomic mass is 35.5. The first-order valence-corrected chi connectivity index (χ1v) is 8.04. The lowest BCUT2D eigenvalue weighted by Crippen LogP contribution is -2.20. The van der Waals surface area contributed by atoms with E-state index in [1.165, 1.54) is 5.56 Å². The van der Waals surface area contributed by atoms with Crippen LogP contribution in [0.2, 0.25) is 5.02 Å². The molecule has 0 aliphatic rings. The second-order valence-corrected chi connectivity index (χ2v) is 6.41. The fourth-order valence-electron chi connectivity index (χ4n) is 2.37. The monoisotopic (exact) mass is 331 g/mol. The van der Waals surface area contributed by atoms with E-state index in [9.17, 15) is 4.79 Å². The van der Waals surface area contributed by atoms with Crippen LogP contribution in [0.5, 0.6) is 5.75 Å². The summed E-state index contributed by atoms with van der Waals surface area (Å²) in [4.78, 5) is 12.0. The number of nitrogens with one attached hydrogen (secondary N) is 1. The van der Waals surface area contributed by atoms with Crippen LogP contribution in [-0.4, -0.2) is 12.5 Å². The highest BCUT2D eigenvalue weighted by Crippen LogP contribution is 2.29. The minimum Gasteiger partial charge on any atom is -0.482 e. The molecule has 0 fully saturated rings. The van der Waals surface area contributed by atoms with E-state index < -0.39 is 0 Å². The molecule has 122 valence electrons. The average molecular weight is 332 g/mol. The molecule has 3 nitrogen and oxygen atoms in total. The van der Waals surface area contributed by atoms with Gasteiger partial charge in [0.05, 0.1) is 5.02 Å². The van der Waals surface area contributed by atoms with Crippen molar-refractivity contribution in [1.29, 1.82) is 0 Å². The van der Waals surface area contributed by atoms with Gasteiger partial charge in [-0.15, -0.1) is 0 Å². The van der Waals surface area contributed by atoms with E-state index in [0.29, 0.717) is 16.7 Å². The number of amides is 1. The Balaban J connectivity index is 1.95. The number of carbonyl (C=O) groups excluding carboxylic acids is 1. The van der Waals surface area contributed by atoms with Crippen molar-refractivity contribution < 1.29 is 9.53 Å². The number of anilines is 1. The van der Waals surface area contributed by atoms with Crippen LogP contribution in [0.15, 0.2) is 36.4 Å². The van der Waals surface area contributed by atoms with E-state index >= 15 is 0 Å². The Hall–Kier alpha value is -2.00. The predicted octanol–water partition coefficient (Wildman–Crippen LogP) is 5.10. The second-order valence-electron chi connectivity index (χ2n) is 6.01. The van der Waals surface area contributed by atoms with Crippen LogP contribution in [-0.2, 0) is 4.79 Å². The summed E-state index contributed by atoms with van der Waals surface area (Å²) >= 11 is 6.17. The Kier molecular flexibility index (Phi) is 5.67. The van der Waals surface area contributed by atoms with E-state index in [1.807, 2.05) is 50.2 Å². The molecular formula is C19H22ClNO2. The van der Waals surface area contributed by atoms with Gasteiger partial charge < -0.3 is 10.1 Å². The summed E-state index contributed by atoms with van der Waals surface area (Å²) < 4.78 is 5.57. The predicted molar refractivity (Wildman–Crippen MR) is 95.6 cm³/mol. The second kappa shape index (κ2) is 7.51. The molecule has 23 heavy (non-hydrogen) atoms. The number of hydrogen-bond donors (Lipinski definition) is 1. The zero-order chi connectivity index (χ0) is 17.0. The molecule has 2 aromatic rings. The van der Waals surface area contributed by atoms with Crippen LogP contribution in [0.25, 0.3) is 0 Å². The first-order valence-electron chi connectivity index (χ1n) is 7.66. The quantitative estimate of drug-likeness (QED) is 0.828. The van der Waals surface area contributed by atoms with Gasteiger partial charge >= 0.3 is 0 Å². The molecule has 1 amide bonds.